The summed E-state index contributed by atoms with van der Waals surface area (Å²) in [7, 11) is -3.52. The van der Waals surface area contributed by atoms with Crippen LogP contribution in [-0.4, -0.2) is 31.9 Å². The SMILES string of the molecule is CC(C)Oc1ccc(C(=O)O)cc1S(C)(=O)=O. The number of hydrogen-bond donors (Lipinski definition) is 1. The van der Waals surface area contributed by atoms with E-state index in [4.69, 9.17) is 9.84 Å². The van der Waals surface area contributed by atoms with Crippen LogP contribution in [0.15, 0.2) is 23.1 Å². The summed E-state index contributed by atoms with van der Waals surface area (Å²) >= 11 is 0. The molecular formula is C11H14O5S. The first-order valence-corrected chi connectivity index (χ1v) is 6.85. The molecule has 1 aromatic rings. The van der Waals surface area contributed by atoms with Crippen molar-refractivity contribution >= 4 is 15.8 Å². The molecule has 0 aliphatic carbocycles. The van der Waals surface area contributed by atoms with Gasteiger partial charge >= 0.3 is 5.97 Å². The normalized spacial score (nSPS) is 11.5. The van der Waals surface area contributed by atoms with Gasteiger partial charge in [-0.2, -0.15) is 0 Å². The van der Waals surface area contributed by atoms with Gasteiger partial charge in [-0.05, 0) is 32.0 Å². The molecule has 1 aromatic carbocycles. The van der Waals surface area contributed by atoms with E-state index >= 15 is 0 Å². The van der Waals surface area contributed by atoms with Crippen molar-refractivity contribution in [1.29, 1.82) is 0 Å². The Bertz CT molecular complexity index is 531. The molecule has 94 valence electrons. The van der Waals surface area contributed by atoms with E-state index in [0.717, 1.165) is 12.3 Å². The molecule has 6 heteroatoms. The van der Waals surface area contributed by atoms with Crippen molar-refractivity contribution in [2.45, 2.75) is 24.8 Å². The Morgan fingerprint density at radius 3 is 2.35 bits per heavy atom. The lowest BCUT2D eigenvalue weighted by Crippen LogP contribution is -2.10. The topological polar surface area (TPSA) is 80.7 Å². The standard InChI is InChI=1S/C11H14O5S/c1-7(2)16-9-5-4-8(11(12)13)6-10(9)17(3,14)15/h4-7H,1-3H3,(H,12,13). The van der Waals surface area contributed by atoms with Crippen LogP contribution < -0.4 is 4.74 Å². The first-order valence-electron chi connectivity index (χ1n) is 4.96. The van der Waals surface area contributed by atoms with Crippen LogP contribution in [0.3, 0.4) is 0 Å². The fourth-order valence-electron chi connectivity index (χ4n) is 1.28. The molecule has 0 atom stereocenters. The highest BCUT2D eigenvalue weighted by molar-refractivity contribution is 7.90. The number of hydrogen-bond acceptors (Lipinski definition) is 4. The van der Waals surface area contributed by atoms with Crippen molar-refractivity contribution in [3.8, 4) is 5.75 Å². The summed E-state index contributed by atoms with van der Waals surface area (Å²) in [5.41, 5.74) is -0.0819. The van der Waals surface area contributed by atoms with E-state index in [1.807, 2.05) is 0 Å². The van der Waals surface area contributed by atoms with Gasteiger partial charge in [0, 0.05) is 6.26 Å². The molecule has 0 aromatic heterocycles. The zero-order valence-corrected chi connectivity index (χ0v) is 10.6. The average molecular weight is 258 g/mol. The molecule has 1 N–H and O–H groups in total. The lowest BCUT2D eigenvalue weighted by Gasteiger charge is -2.13. The van der Waals surface area contributed by atoms with Gasteiger partial charge in [-0.3, -0.25) is 0 Å². The van der Waals surface area contributed by atoms with Gasteiger partial charge in [-0.25, -0.2) is 13.2 Å². The second kappa shape index (κ2) is 4.75. The molecule has 0 aliphatic heterocycles. The van der Waals surface area contributed by atoms with E-state index in [-0.39, 0.29) is 22.3 Å². The second-order valence-electron chi connectivity index (χ2n) is 3.91. The van der Waals surface area contributed by atoms with Gasteiger partial charge in [0.05, 0.1) is 11.7 Å². The van der Waals surface area contributed by atoms with Crippen molar-refractivity contribution in [2.24, 2.45) is 0 Å². The van der Waals surface area contributed by atoms with Crippen LogP contribution in [0, 0.1) is 0 Å². The lowest BCUT2D eigenvalue weighted by atomic mass is 10.2. The quantitative estimate of drug-likeness (QED) is 0.886. The van der Waals surface area contributed by atoms with Gasteiger partial charge in [-0.1, -0.05) is 0 Å². The third-order valence-corrected chi connectivity index (χ3v) is 3.07. The van der Waals surface area contributed by atoms with E-state index < -0.39 is 15.8 Å². The summed E-state index contributed by atoms with van der Waals surface area (Å²) < 4.78 is 28.4. The maximum absolute atomic E-state index is 11.5. The highest BCUT2D eigenvalue weighted by Gasteiger charge is 2.18. The fraction of sp³-hybridized carbons (Fsp3) is 0.364. The largest absolute Gasteiger partial charge is 0.490 e. The molecule has 0 aliphatic rings. The van der Waals surface area contributed by atoms with Crippen LogP contribution in [0.5, 0.6) is 5.75 Å². The number of rotatable bonds is 4. The number of carboxylic acids is 1. The van der Waals surface area contributed by atoms with Crippen LogP contribution in [-0.2, 0) is 9.84 Å². The minimum atomic E-state index is -3.52. The molecule has 0 spiro atoms. The molecule has 0 bridgehead atoms. The number of sulfone groups is 1. The third-order valence-electron chi connectivity index (χ3n) is 1.95. The minimum absolute atomic E-state index is 0.0819. The number of carboxylic acid groups (broad SMARTS) is 1. The predicted octanol–water partition coefficient (Wildman–Crippen LogP) is 1.58. The number of aromatic carboxylic acids is 1. The van der Waals surface area contributed by atoms with Gasteiger partial charge in [0.15, 0.2) is 9.84 Å². The van der Waals surface area contributed by atoms with E-state index in [9.17, 15) is 13.2 Å². The monoisotopic (exact) mass is 258 g/mol. The zero-order chi connectivity index (χ0) is 13.2. The number of benzene rings is 1. The molecule has 1 rings (SSSR count). The van der Waals surface area contributed by atoms with Gasteiger partial charge in [0.25, 0.3) is 0 Å². The predicted molar refractivity (Wildman–Crippen MR) is 62.3 cm³/mol. The molecule has 0 fully saturated rings. The van der Waals surface area contributed by atoms with Crippen molar-refractivity contribution in [2.75, 3.05) is 6.26 Å². The van der Waals surface area contributed by atoms with E-state index in [0.29, 0.717) is 0 Å². The molecule has 17 heavy (non-hydrogen) atoms. The summed E-state index contributed by atoms with van der Waals surface area (Å²) in [5, 5.41) is 8.81. The van der Waals surface area contributed by atoms with E-state index in [1.165, 1.54) is 12.1 Å². The first kappa shape index (κ1) is 13.5. The molecule has 0 amide bonds. The Morgan fingerprint density at radius 2 is 1.94 bits per heavy atom. The fourth-order valence-corrected chi connectivity index (χ4v) is 2.10. The lowest BCUT2D eigenvalue weighted by molar-refractivity contribution is 0.0696. The first-order chi connectivity index (χ1) is 7.71. The summed E-state index contributed by atoms with van der Waals surface area (Å²) in [5.74, 6) is -1.00. The van der Waals surface area contributed by atoms with Gasteiger partial charge in [0.2, 0.25) is 0 Å². The molecule has 0 radical (unpaired) electrons. The number of carbonyl (C=O) groups is 1. The van der Waals surface area contributed by atoms with E-state index in [1.54, 1.807) is 13.8 Å². The van der Waals surface area contributed by atoms with Crippen LogP contribution in [0.4, 0.5) is 0 Å². The second-order valence-corrected chi connectivity index (χ2v) is 5.89. The van der Waals surface area contributed by atoms with Gasteiger partial charge in [0.1, 0.15) is 10.6 Å². The third kappa shape index (κ3) is 3.45. The maximum atomic E-state index is 11.5. The molecule has 5 nitrogen and oxygen atoms in total. The van der Waals surface area contributed by atoms with Crippen molar-refractivity contribution < 1.29 is 23.1 Å². The Morgan fingerprint density at radius 1 is 1.35 bits per heavy atom. The number of ether oxygens (including phenoxy) is 1. The smallest absolute Gasteiger partial charge is 0.335 e. The summed E-state index contributed by atoms with van der Waals surface area (Å²) in [6, 6.07) is 3.78. The molecule has 0 heterocycles. The maximum Gasteiger partial charge on any atom is 0.335 e. The van der Waals surface area contributed by atoms with Crippen molar-refractivity contribution in [1.82, 2.24) is 0 Å². The highest BCUT2D eigenvalue weighted by Crippen LogP contribution is 2.26. The van der Waals surface area contributed by atoms with Crippen LogP contribution in [0.25, 0.3) is 0 Å². The van der Waals surface area contributed by atoms with Crippen molar-refractivity contribution in [3.63, 3.8) is 0 Å². The Labute approximate surface area is 100.0 Å². The Balaban J connectivity index is 3.37. The summed E-state index contributed by atoms with van der Waals surface area (Å²) in [6.07, 6.45) is 0.826. The van der Waals surface area contributed by atoms with Crippen LogP contribution >= 0.6 is 0 Å². The average Bonchev–Trinajstić information content (AvgIpc) is 2.15. The molecule has 0 saturated carbocycles. The minimum Gasteiger partial charge on any atom is -0.490 e. The molecular weight excluding hydrogens is 244 g/mol. The highest BCUT2D eigenvalue weighted by atomic mass is 32.2. The van der Waals surface area contributed by atoms with E-state index in [2.05, 4.69) is 0 Å². The van der Waals surface area contributed by atoms with Crippen LogP contribution in [0.1, 0.15) is 24.2 Å². The Kier molecular flexibility index (Phi) is 3.77. The summed E-state index contributed by atoms with van der Waals surface area (Å²) in [6.45, 7) is 3.52. The zero-order valence-electron chi connectivity index (χ0n) is 9.80. The van der Waals surface area contributed by atoms with Gasteiger partial charge in [-0.15, -0.1) is 0 Å². The molecule has 0 unspecified atom stereocenters. The van der Waals surface area contributed by atoms with Crippen LogP contribution in [0.2, 0.25) is 0 Å². The molecule has 0 saturated heterocycles. The summed E-state index contributed by atoms with van der Waals surface area (Å²) in [4.78, 5) is 10.7. The van der Waals surface area contributed by atoms with Crippen molar-refractivity contribution in [3.05, 3.63) is 23.8 Å². The van der Waals surface area contributed by atoms with Gasteiger partial charge < -0.3 is 9.84 Å². The Hall–Kier alpha value is -1.56.